The van der Waals surface area contributed by atoms with Gasteiger partial charge in [0.1, 0.15) is 11.2 Å². The third-order valence-corrected chi connectivity index (χ3v) is 7.43. The molecule has 0 saturated carbocycles. The molecule has 3 aromatic heterocycles. The third kappa shape index (κ3) is 5.63. The van der Waals surface area contributed by atoms with Crippen molar-refractivity contribution in [2.24, 2.45) is 0 Å². The molecule has 0 N–H and O–H groups in total. The number of rotatable bonds is 3. The largest absolute Gasteiger partial charge is 0.456 e. The van der Waals surface area contributed by atoms with E-state index in [1.807, 2.05) is 72.9 Å². The maximum Gasteiger partial charge on any atom is 0.136 e. The fraction of sp³-hybridized carbons (Fsp3) is 0.0256. The van der Waals surface area contributed by atoms with Crippen molar-refractivity contribution in [3.8, 4) is 33.6 Å². The van der Waals surface area contributed by atoms with Gasteiger partial charge in [-0.1, -0.05) is 66.2 Å². The van der Waals surface area contributed by atoms with E-state index in [-0.39, 0.29) is 20.1 Å². The molecule has 0 aliphatic heterocycles. The molecule has 0 atom stereocenters. The van der Waals surface area contributed by atoms with Crippen LogP contribution < -0.4 is 0 Å². The average molecular weight is 731 g/mol. The van der Waals surface area contributed by atoms with Crippen molar-refractivity contribution in [2.45, 2.75) is 6.92 Å². The van der Waals surface area contributed by atoms with Crippen molar-refractivity contribution < 1.29 is 24.5 Å². The van der Waals surface area contributed by atoms with Crippen LogP contribution >= 0.6 is 0 Å². The van der Waals surface area contributed by atoms with Gasteiger partial charge in [-0.15, -0.1) is 71.3 Å². The SMILES string of the molecule is Cc1cccnc1-c1[c-]ccc(-c2cccc3c2ccc2oc4ccccc4c23)c1.[Ir].[c-]1ccccc1-c1ccccn1. The first-order valence-corrected chi connectivity index (χ1v) is 13.9. The van der Waals surface area contributed by atoms with Crippen molar-refractivity contribution in [1.29, 1.82) is 0 Å². The zero-order valence-corrected chi connectivity index (χ0v) is 25.8. The second-order valence-corrected chi connectivity index (χ2v) is 10.1. The van der Waals surface area contributed by atoms with Crippen LogP contribution in [0.2, 0.25) is 0 Å². The monoisotopic (exact) mass is 731 g/mol. The van der Waals surface area contributed by atoms with Gasteiger partial charge >= 0.3 is 0 Å². The second kappa shape index (κ2) is 12.5. The van der Waals surface area contributed by atoms with Gasteiger partial charge in [0.15, 0.2) is 0 Å². The molecule has 0 saturated heterocycles. The summed E-state index contributed by atoms with van der Waals surface area (Å²) in [5.41, 5.74) is 9.35. The van der Waals surface area contributed by atoms with Gasteiger partial charge in [0.2, 0.25) is 0 Å². The standard InChI is InChI=1S/C28H18NO.C11H8N.Ir/c1-18-7-6-16-29-28(18)20-9-4-8-19(17-20)21-11-5-12-23-22(21)14-15-26-27(23)24-10-2-3-13-25(24)30-26;1-2-6-10(7-3-1)11-8-4-5-9-12-11;/h2-8,10-17H,1H3;1-6,8-9H;/q2*-1;. The predicted molar refractivity (Wildman–Crippen MR) is 172 cm³/mol. The Morgan fingerprint density at radius 3 is 2.23 bits per heavy atom. The van der Waals surface area contributed by atoms with E-state index >= 15 is 0 Å². The zero-order valence-electron chi connectivity index (χ0n) is 23.4. The van der Waals surface area contributed by atoms with Crippen LogP contribution in [0.15, 0.2) is 144 Å². The normalized spacial score (nSPS) is 10.7. The Hall–Kier alpha value is -4.89. The molecule has 3 nitrogen and oxygen atoms in total. The molecule has 0 aliphatic carbocycles. The summed E-state index contributed by atoms with van der Waals surface area (Å²) in [5.74, 6) is 0. The van der Waals surface area contributed by atoms with Gasteiger partial charge < -0.3 is 14.4 Å². The number of para-hydroxylation sites is 1. The van der Waals surface area contributed by atoms with E-state index in [0.717, 1.165) is 50.2 Å². The number of aromatic nitrogens is 2. The summed E-state index contributed by atoms with van der Waals surface area (Å²) in [4.78, 5) is 8.79. The molecule has 0 fully saturated rings. The van der Waals surface area contributed by atoms with Gasteiger partial charge in [-0.25, -0.2) is 0 Å². The van der Waals surface area contributed by atoms with Gasteiger partial charge in [0, 0.05) is 43.3 Å². The van der Waals surface area contributed by atoms with Crippen molar-refractivity contribution in [3.05, 3.63) is 157 Å². The number of hydrogen-bond donors (Lipinski definition) is 0. The van der Waals surface area contributed by atoms with E-state index in [1.165, 1.54) is 21.7 Å². The molecule has 5 aromatic carbocycles. The number of benzene rings is 5. The van der Waals surface area contributed by atoms with Crippen LogP contribution in [0, 0.1) is 19.1 Å². The zero-order chi connectivity index (χ0) is 28.3. The molecule has 4 heteroatoms. The molecule has 0 bridgehead atoms. The Morgan fingerprint density at radius 1 is 0.581 bits per heavy atom. The molecule has 8 rings (SSSR count). The summed E-state index contributed by atoms with van der Waals surface area (Å²) in [5, 5.41) is 4.75. The summed E-state index contributed by atoms with van der Waals surface area (Å²) in [6.45, 7) is 2.08. The Balaban J connectivity index is 0.000000213. The first kappa shape index (κ1) is 28.2. The summed E-state index contributed by atoms with van der Waals surface area (Å²) < 4.78 is 6.08. The van der Waals surface area contributed by atoms with Gasteiger partial charge in [-0.3, -0.25) is 0 Å². The number of aryl methyl sites for hydroxylation is 1. The van der Waals surface area contributed by atoms with Gasteiger partial charge in [0.05, 0.1) is 0 Å². The maximum absolute atomic E-state index is 6.08. The third-order valence-electron chi connectivity index (χ3n) is 7.43. The molecule has 43 heavy (non-hydrogen) atoms. The number of pyridine rings is 2. The Morgan fingerprint density at radius 2 is 1.40 bits per heavy atom. The van der Waals surface area contributed by atoms with Crippen molar-refractivity contribution in [1.82, 2.24) is 9.97 Å². The minimum atomic E-state index is 0. The van der Waals surface area contributed by atoms with Gasteiger partial charge in [0.25, 0.3) is 0 Å². The quantitative estimate of drug-likeness (QED) is 0.170. The topological polar surface area (TPSA) is 38.9 Å². The number of hydrogen-bond acceptors (Lipinski definition) is 3. The van der Waals surface area contributed by atoms with E-state index in [0.29, 0.717) is 0 Å². The molecule has 1 radical (unpaired) electrons. The summed E-state index contributed by atoms with van der Waals surface area (Å²) in [7, 11) is 0. The van der Waals surface area contributed by atoms with Crippen molar-refractivity contribution in [2.75, 3.05) is 0 Å². The van der Waals surface area contributed by atoms with Crippen LogP contribution in [0.3, 0.4) is 0 Å². The second-order valence-electron chi connectivity index (χ2n) is 10.1. The molecule has 0 aliphatic rings. The van der Waals surface area contributed by atoms with E-state index in [9.17, 15) is 0 Å². The molecule has 0 spiro atoms. The molecule has 209 valence electrons. The van der Waals surface area contributed by atoms with Gasteiger partial charge in [-0.2, -0.15) is 0 Å². The number of fused-ring (bicyclic) bond motifs is 5. The summed E-state index contributed by atoms with van der Waals surface area (Å²) in [6.07, 6.45) is 3.62. The fourth-order valence-electron chi connectivity index (χ4n) is 5.45. The van der Waals surface area contributed by atoms with E-state index in [4.69, 9.17) is 4.42 Å². The molecular formula is C39H26IrN2O-2. The fourth-order valence-corrected chi connectivity index (χ4v) is 5.45. The molecule has 0 unspecified atom stereocenters. The minimum Gasteiger partial charge on any atom is -0.456 e. The first-order chi connectivity index (χ1) is 20.8. The molecule has 3 heterocycles. The number of furan rings is 1. The van der Waals surface area contributed by atoms with Crippen LogP contribution in [0.25, 0.3) is 66.4 Å². The van der Waals surface area contributed by atoms with Crippen LogP contribution in [-0.4, -0.2) is 9.97 Å². The van der Waals surface area contributed by atoms with Crippen LogP contribution in [0.4, 0.5) is 0 Å². The smallest absolute Gasteiger partial charge is 0.136 e. The molecular weight excluding hydrogens is 705 g/mol. The predicted octanol–water partition coefficient (Wildman–Crippen LogP) is 10.1. The van der Waals surface area contributed by atoms with E-state index < -0.39 is 0 Å². The van der Waals surface area contributed by atoms with Crippen molar-refractivity contribution >= 4 is 32.7 Å². The van der Waals surface area contributed by atoms with Crippen LogP contribution in [-0.2, 0) is 20.1 Å². The summed E-state index contributed by atoms with van der Waals surface area (Å²) in [6, 6.07) is 49.5. The minimum absolute atomic E-state index is 0. The maximum atomic E-state index is 6.08. The summed E-state index contributed by atoms with van der Waals surface area (Å²) >= 11 is 0. The molecule has 8 aromatic rings. The first-order valence-electron chi connectivity index (χ1n) is 13.9. The van der Waals surface area contributed by atoms with E-state index in [2.05, 4.69) is 89.7 Å². The van der Waals surface area contributed by atoms with Crippen molar-refractivity contribution in [3.63, 3.8) is 0 Å². The number of nitrogens with zero attached hydrogens (tertiary/aromatic N) is 2. The Kier molecular flexibility index (Phi) is 8.24. The molecule has 0 amide bonds. The van der Waals surface area contributed by atoms with Crippen LogP contribution in [0.5, 0.6) is 0 Å². The van der Waals surface area contributed by atoms with Crippen LogP contribution in [0.1, 0.15) is 5.56 Å². The Bertz CT molecular complexity index is 2120. The van der Waals surface area contributed by atoms with Gasteiger partial charge in [-0.05, 0) is 58.9 Å². The van der Waals surface area contributed by atoms with E-state index in [1.54, 1.807) is 6.20 Å². The Labute approximate surface area is 264 Å². The average Bonchev–Trinajstić information content (AvgIpc) is 3.45.